The Balaban J connectivity index is 2.37. The van der Waals surface area contributed by atoms with E-state index in [1.807, 2.05) is 24.3 Å². The number of benzene rings is 1. The summed E-state index contributed by atoms with van der Waals surface area (Å²) in [5, 5.41) is 9.72. The van der Waals surface area contributed by atoms with Gasteiger partial charge in [-0.05, 0) is 30.9 Å². The number of carbonyl (C=O) groups is 1. The minimum atomic E-state index is -0.857. The molecule has 0 saturated heterocycles. The van der Waals surface area contributed by atoms with Gasteiger partial charge >= 0.3 is 5.97 Å². The zero-order chi connectivity index (χ0) is 13.0. The number of aliphatic carboxylic acids is 1. The highest BCUT2D eigenvalue weighted by Crippen LogP contribution is 2.38. The monoisotopic (exact) mass is 264 g/mol. The molecule has 0 aliphatic heterocycles. The predicted octanol–water partition coefficient (Wildman–Crippen LogP) is 4.40. The molecule has 2 nitrogen and oxygen atoms in total. The van der Waals surface area contributed by atoms with Crippen molar-refractivity contribution in [3.8, 4) is 0 Å². The van der Waals surface area contributed by atoms with Crippen LogP contribution in [-0.4, -0.2) is 11.1 Å². The molecular formula is C15H17ClO2. The molecule has 0 amide bonds. The second kappa shape index (κ2) is 6.05. The Morgan fingerprint density at radius 3 is 2.78 bits per heavy atom. The van der Waals surface area contributed by atoms with Crippen LogP contribution in [0.25, 0.3) is 0 Å². The predicted molar refractivity (Wildman–Crippen MR) is 73.0 cm³/mol. The largest absolute Gasteiger partial charge is 0.478 e. The molecule has 1 N–H and O–H groups in total. The van der Waals surface area contributed by atoms with Crippen LogP contribution in [0.4, 0.5) is 0 Å². The minimum absolute atomic E-state index is 0.164. The quantitative estimate of drug-likeness (QED) is 0.635. The number of hydrogen-bond donors (Lipinski definition) is 1. The topological polar surface area (TPSA) is 37.3 Å². The third-order valence-electron chi connectivity index (χ3n) is 3.50. The summed E-state index contributed by atoms with van der Waals surface area (Å²) in [6.45, 7) is 0. The van der Waals surface area contributed by atoms with Gasteiger partial charge in [0.25, 0.3) is 0 Å². The zero-order valence-electron chi connectivity index (χ0n) is 10.2. The van der Waals surface area contributed by atoms with E-state index in [0.29, 0.717) is 0 Å². The number of allylic oxidation sites excluding steroid dienone is 1. The Morgan fingerprint density at radius 2 is 2.06 bits per heavy atom. The molecular weight excluding hydrogens is 248 g/mol. The van der Waals surface area contributed by atoms with Crippen molar-refractivity contribution < 1.29 is 9.90 Å². The van der Waals surface area contributed by atoms with Crippen molar-refractivity contribution in [1.29, 1.82) is 0 Å². The second-order valence-electron chi connectivity index (χ2n) is 4.73. The number of rotatable bonds is 2. The van der Waals surface area contributed by atoms with E-state index in [1.54, 1.807) is 0 Å². The van der Waals surface area contributed by atoms with E-state index in [2.05, 4.69) is 0 Å². The molecule has 18 heavy (non-hydrogen) atoms. The fourth-order valence-corrected chi connectivity index (χ4v) is 2.93. The lowest BCUT2D eigenvalue weighted by atomic mass is 9.87. The molecule has 0 spiro atoms. The molecule has 0 bridgehead atoms. The van der Waals surface area contributed by atoms with Gasteiger partial charge in [-0.1, -0.05) is 48.2 Å². The highest BCUT2D eigenvalue weighted by molar-refractivity contribution is 6.31. The van der Waals surface area contributed by atoms with Crippen LogP contribution in [0.2, 0.25) is 5.02 Å². The van der Waals surface area contributed by atoms with Gasteiger partial charge in [0, 0.05) is 17.0 Å². The minimum Gasteiger partial charge on any atom is -0.478 e. The average Bonchev–Trinajstić information content (AvgIpc) is 2.55. The van der Waals surface area contributed by atoms with Crippen molar-refractivity contribution in [3.63, 3.8) is 0 Å². The number of carboxylic acids is 1. The van der Waals surface area contributed by atoms with E-state index in [-0.39, 0.29) is 5.92 Å². The summed E-state index contributed by atoms with van der Waals surface area (Å²) in [6.07, 6.45) is 6.59. The van der Waals surface area contributed by atoms with Gasteiger partial charge in [-0.15, -0.1) is 0 Å². The first-order valence-electron chi connectivity index (χ1n) is 6.36. The molecule has 1 aromatic carbocycles. The second-order valence-corrected chi connectivity index (χ2v) is 5.14. The van der Waals surface area contributed by atoms with Gasteiger partial charge < -0.3 is 5.11 Å². The first kappa shape index (κ1) is 13.2. The van der Waals surface area contributed by atoms with Gasteiger partial charge in [0.2, 0.25) is 0 Å². The van der Waals surface area contributed by atoms with Crippen LogP contribution >= 0.6 is 11.6 Å². The van der Waals surface area contributed by atoms with Crippen molar-refractivity contribution in [2.45, 2.75) is 38.0 Å². The lowest BCUT2D eigenvalue weighted by Gasteiger charge is -2.19. The van der Waals surface area contributed by atoms with E-state index in [1.165, 1.54) is 6.08 Å². The number of halogens is 1. The van der Waals surface area contributed by atoms with Gasteiger partial charge in [0.15, 0.2) is 0 Å². The van der Waals surface area contributed by atoms with Crippen LogP contribution in [0.1, 0.15) is 43.6 Å². The van der Waals surface area contributed by atoms with Gasteiger partial charge in [0.1, 0.15) is 0 Å². The van der Waals surface area contributed by atoms with E-state index in [0.717, 1.165) is 48.3 Å². The first-order valence-corrected chi connectivity index (χ1v) is 6.74. The van der Waals surface area contributed by atoms with Gasteiger partial charge in [-0.25, -0.2) is 4.79 Å². The van der Waals surface area contributed by atoms with Crippen molar-refractivity contribution in [2.24, 2.45) is 0 Å². The van der Waals surface area contributed by atoms with Gasteiger partial charge in [-0.2, -0.15) is 0 Å². The van der Waals surface area contributed by atoms with Crippen LogP contribution in [0.5, 0.6) is 0 Å². The molecule has 0 heterocycles. The SMILES string of the molecule is O=C(O)/C=C1\CCCCCC1c1ccccc1Cl. The average molecular weight is 265 g/mol. The summed E-state index contributed by atoms with van der Waals surface area (Å²) < 4.78 is 0. The van der Waals surface area contributed by atoms with E-state index < -0.39 is 5.97 Å². The number of hydrogen-bond acceptors (Lipinski definition) is 1. The Morgan fingerprint density at radius 1 is 1.28 bits per heavy atom. The molecule has 1 aromatic rings. The third-order valence-corrected chi connectivity index (χ3v) is 3.84. The first-order chi connectivity index (χ1) is 8.68. The van der Waals surface area contributed by atoms with Crippen molar-refractivity contribution in [2.75, 3.05) is 0 Å². The van der Waals surface area contributed by atoms with Gasteiger partial charge in [0.05, 0.1) is 0 Å². The van der Waals surface area contributed by atoms with E-state index in [4.69, 9.17) is 16.7 Å². The van der Waals surface area contributed by atoms with Crippen LogP contribution in [0, 0.1) is 0 Å². The summed E-state index contributed by atoms with van der Waals surface area (Å²) in [6, 6.07) is 7.75. The molecule has 1 aliphatic carbocycles. The lowest BCUT2D eigenvalue weighted by molar-refractivity contribution is -0.131. The Hall–Kier alpha value is -1.28. The van der Waals surface area contributed by atoms with Crippen molar-refractivity contribution in [1.82, 2.24) is 0 Å². The third kappa shape index (κ3) is 3.14. The Labute approximate surface area is 112 Å². The van der Waals surface area contributed by atoms with Crippen LogP contribution in [0.15, 0.2) is 35.9 Å². The van der Waals surface area contributed by atoms with Crippen LogP contribution in [-0.2, 0) is 4.79 Å². The molecule has 1 unspecified atom stereocenters. The Bertz CT molecular complexity index is 465. The van der Waals surface area contributed by atoms with E-state index >= 15 is 0 Å². The van der Waals surface area contributed by atoms with Crippen LogP contribution < -0.4 is 0 Å². The summed E-state index contributed by atoms with van der Waals surface area (Å²) in [7, 11) is 0. The lowest BCUT2D eigenvalue weighted by Crippen LogP contribution is -2.04. The molecule has 0 aromatic heterocycles. The molecule has 1 atom stereocenters. The maximum atomic E-state index is 10.9. The molecule has 3 heteroatoms. The summed E-state index contributed by atoms with van der Waals surface area (Å²) in [5.74, 6) is -0.693. The highest BCUT2D eigenvalue weighted by atomic mass is 35.5. The van der Waals surface area contributed by atoms with Crippen molar-refractivity contribution >= 4 is 17.6 Å². The Kier molecular flexibility index (Phi) is 4.43. The smallest absolute Gasteiger partial charge is 0.328 e. The fraction of sp³-hybridized carbons (Fsp3) is 0.400. The highest BCUT2D eigenvalue weighted by Gasteiger charge is 2.21. The molecule has 1 aliphatic rings. The molecule has 96 valence electrons. The van der Waals surface area contributed by atoms with Gasteiger partial charge in [-0.3, -0.25) is 0 Å². The summed E-state index contributed by atoms with van der Waals surface area (Å²) in [4.78, 5) is 10.9. The normalized spacial score (nSPS) is 22.7. The molecule has 1 fully saturated rings. The van der Waals surface area contributed by atoms with E-state index in [9.17, 15) is 4.79 Å². The standard InChI is InChI=1S/C15H17ClO2/c16-14-9-5-4-8-13(14)12-7-3-1-2-6-11(12)10-15(17)18/h4-5,8-10,12H,1-3,6-7H2,(H,17,18)/b11-10+. The molecule has 2 rings (SSSR count). The van der Waals surface area contributed by atoms with Crippen molar-refractivity contribution in [3.05, 3.63) is 46.5 Å². The van der Waals surface area contributed by atoms with Crippen LogP contribution in [0.3, 0.4) is 0 Å². The summed E-state index contributed by atoms with van der Waals surface area (Å²) in [5.41, 5.74) is 2.07. The number of carboxylic acid groups (broad SMARTS) is 1. The zero-order valence-corrected chi connectivity index (χ0v) is 11.0. The summed E-state index contributed by atoms with van der Waals surface area (Å²) >= 11 is 6.24. The maximum absolute atomic E-state index is 10.9. The fourth-order valence-electron chi connectivity index (χ4n) is 2.66. The molecule has 1 saturated carbocycles. The molecule has 0 radical (unpaired) electrons. The maximum Gasteiger partial charge on any atom is 0.328 e.